The summed E-state index contributed by atoms with van der Waals surface area (Å²) in [6, 6.07) is 10.2. The van der Waals surface area contributed by atoms with Crippen molar-refractivity contribution < 1.29 is 4.79 Å². The maximum atomic E-state index is 11.9. The van der Waals surface area contributed by atoms with Gasteiger partial charge in [0.15, 0.2) is 0 Å². The quantitative estimate of drug-likeness (QED) is 0.533. The number of carbonyl (C=O) groups is 1. The van der Waals surface area contributed by atoms with Crippen molar-refractivity contribution in [3.8, 4) is 11.1 Å². The van der Waals surface area contributed by atoms with Crippen molar-refractivity contribution in [2.45, 2.75) is 13.0 Å². The Bertz CT molecular complexity index is 1280. The Morgan fingerprint density at radius 1 is 1.27 bits per heavy atom. The molecule has 1 atom stereocenters. The number of nitrogens with two attached hydrogens (primary N) is 1. The lowest BCUT2D eigenvalue weighted by atomic mass is 10.1. The van der Waals surface area contributed by atoms with Crippen LogP contribution in [0, 0.1) is 5.92 Å². The zero-order valence-corrected chi connectivity index (χ0v) is 16.5. The predicted octanol–water partition coefficient (Wildman–Crippen LogP) is 3.26. The fourth-order valence-electron chi connectivity index (χ4n) is 4.31. The number of nitrogens with zero attached hydrogens (tertiary/aromatic N) is 5. The number of carbonyl (C=O) groups excluding carboxylic acids is 1. The van der Waals surface area contributed by atoms with Crippen molar-refractivity contribution in [2.24, 2.45) is 5.92 Å². The van der Waals surface area contributed by atoms with Crippen molar-refractivity contribution in [1.82, 2.24) is 24.4 Å². The van der Waals surface area contributed by atoms with Crippen LogP contribution in [0.25, 0.3) is 33.1 Å². The number of rotatable bonds is 4. The van der Waals surface area contributed by atoms with Gasteiger partial charge in [-0.1, -0.05) is 24.8 Å². The van der Waals surface area contributed by atoms with Crippen LogP contribution in [-0.2, 0) is 11.3 Å². The Kier molecular flexibility index (Phi) is 4.43. The van der Waals surface area contributed by atoms with Crippen molar-refractivity contribution in [3.05, 3.63) is 61.7 Å². The highest BCUT2D eigenvalue weighted by molar-refractivity contribution is 6.01. The number of anilines is 1. The largest absolute Gasteiger partial charge is 0.383 e. The van der Waals surface area contributed by atoms with Gasteiger partial charge in [-0.05, 0) is 30.5 Å². The SMILES string of the molecule is C=CC(=O)N1CCC(Cn2cc(-c3cnc4ccccc4c3)c3c(N)ncnc32)C1. The number of benzene rings is 1. The van der Waals surface area contributed by atoms with Gasteiger partial charge in [-0.3, -0.25) is 9.78 Å². The van der Waals surface area contributed by atoms with E-state index in [1.54, 1.807) is 0 Å². The maximum absolute atomic E-state index is 11.9. The van der Waals surface area contributed by atoms with Gasteiger partial charge < -0.3 is 15.2 Å². The molecule has 7 nitrogen and oxygen atoms in total. The lowest BCUT2D eigenvalue weighted by Gasteiger charge is -2.15. The molecule has 1 aliphatic rings. The van der Waals surface area contributed by atoms with Crippen LogP contribution in [-0.4, -0.2) is 43.4 Å². The van der Waals surface area contributed by atoms with Gasteiger partial charge in [0.1, 0.15) is 17.8 Å². The molecule has 1 aliphatic heterocycles. The molecule has 3 aromatic heterocycles. The molecule has 4 aromatic rings. The van der Waals surface area contributed by atoms with E-state index < -0.39 is 0 Å². The summed E-state index contributed by atoms with van der Waals surface area (Å²) in [4.78, 5) is 27.1. The molecule has 4 heterocycles. The van der Waals surface area contributed by atoms with Gasteiger partial charge in [-0.25, -0.2) is 9.97 Å². The van der Waals surface area contributed by atoms with Crippen molar-refractivity contribution >= 4 is 33.7 Å². The molecule has 0 radical (unpaired) electrons. The predicted molar refractivity (Wildman–Crippen MR) is 118 cm³/mol. The van der Waals surface area contributed by atoms with Gasteiger partial charge >= 0.3 is 0 Å². The summed E-state index contributed by atoms with van der Waals surface area (Å²) in [6.45, 7) is 5.83. The Morgan fingerprint density at radius 3 is 3.00 bits per heavy atom. The lowest BCUT2D eigenvalue weighted by molar-refractivity contribution is -0.125. The minimum Gasteiger partial charge on any atom is -0.383 e. The third-order valence-electron chi connectivity index (χ3n) is 5.81. The first kappa shape index (κ1) is 18.3. The van der Waals surface area contributed by atoms with Crippen LogP contribution in [0.3, 0.4) is 0 Å². The van der Waals surface area contributed by atoms with E-state index in [-0.39, 0.29) is 5.91 Å². The molecule has 1 unspecified atom stereocenters. The van der Waals surface area contributed by atoms with Crippen LogP contribution in [0.5, 0.6) is 0 Å². The van der Waals surface area contributed by atoms with Crippen LogP contribution in [0.4, 0.5) is 5.82 Å². The molecule has 30 heavy (non-hydrogen) atoms. The fraction of sp³-hybridized carbons (Fsp3) is 0.217. The van der Waals surface area contributed by atoms with E-state index in [1.807, 2.05) is 29.3 Å². The molecule has 0 aliphatic carbocycles. The van der Waals surface area contributed by atoms with E-state index in [0.29, 0.717) is 11.7 Å². The number of likely N-dealkylation sites (tertiary alicyclic amines) is 1. The number of aromatic nitrogens is 4. The van der Waals surface area contributed by atoms with Crippen molar-refractivity contribution in [3.63, 3.8) is 0 Å². The molecule has 1 fully saturated rings. The van der Waals surface area contributed by atoms with Gasteiger partial charge in [-0.15, -0.1) is 0 Å². The number of amides is 1. The number of para-hydroxylation sites is 1. The average Bonchev–Trinajstić information content (AvgIpc) is 3.39. The standard InChI is InChI=1S/C23H22N6O/c1-2-20(30)28-8-7-15(11-28)12-29-13-18(21-22(24)26-14-27-23(21)29)17-9-16-5-3-4-6-19(16)25-10-17/h2-6,9-10,13-15H,1,7-8,11-12H2,(H2,24,26,27). The van der Waals surface area contributed by atoms with Crippen LogP contribution >= 0.6 is 0 Å². The van der Waals surface area contributed by atoms with E-state index in [9.17, 15) is 4.79 Å². The monoisotopic (exact) mass is 398 g/mol. The lowest BCUT2D eigenvalue weighted by Crippen LogP contribution is -2.27. The summed E-state index contributed by atoms with van der Waals surface area (Å²) < 4.78 is 2.13. The summed E-state index contributed by atoms with van der Waals surface area (Å²) in [5.41, 5.74) is 9.97. The van der Waals surface area contributed by atoms with E-state index in [4.69, 9.17) is 5.73 Å². The summed E-state index contributed by atoms with van der Waals surface area (Å²) in [7, 11) is 0. The highest BCUT2D eigenvalue weighted by Gasteiger charge is 2.26. The molecule has 0 bridgehead atoms. The summed E-state index contributed by atoms with van der Waals surface area (Å²) in [6.07, 6.45) is 7.78. The first-order chi connectivity index (χ1) is 14.6. The van der Waals surface area contributed by atoms with E-state index in [2.05, 4.69) is 44.4 Å². The Morgan fingerprint density at radius 2 is 2.13 bits per heavy atom. The van der Waals surface area contributed by atoms with Crippen LogP contribution in [0.15, 0.2) is 61.7 Å². The fourth-order valence-corrected chi connectivity index (χ4v) is 4.31. The molecule has 0 saturated carbocycles. The third kappa shape index (κ3) is 3.08. The van der Waals surface area contributed by atoms with E-state index >= 15 is 0 Å². The minimum atomic E-state index is -0.00985. The second kappa shape index (κ2) is 7.26. The van der Waals surface area contributed by atoms with Gasteiger partial charge in [0, 0.05) is 48.5 Å². The number of hydrogen-bond acceptors (Lipinski definition) is 5. The summed E-state index contributed by atoms with van der Waals surface area (Å²) >= 11 is 0. The maximum Gasteiger partial charge on any atom is 0.245 e. The first-order valence-corrected chi connectivity index (χ1v) is 10.00. The van der Waals surface area contributed by atoms with Crippen molar-refractivity contribution in [2.75, 3.05) is 18.8 Å². The number of pyridine rings is 1. The minimum absolute atomic E-state index is 0.00985. The second-order valence-corrected chi connectivity index (χ2v) is 7.71. The first-order valence-electron chi connectivity index (χ1n) is 10.00. The molecular weight excluding hydrogens is 376 g/mol. The van der Waals surface area contributed by atoms with Crippen LogP contribution in [0.2, 0.25) is 0 Å². The zero-order chi connectivity index (χ0) is 20.7. The topological polar surface area (TPSA) is 89.9 Å². The second-order valence-electron chi connectivity index (χ2n) is 7.71. The molecule has 2 N–H and O–H groups in total. The Labute approximate surface area is 173 Å². The van der Waals surface area contributed by atoms with Gasteiger partial charge in [0.2, 0.25) is 5.91 Å². The molecule has 7 heteroatoms. The highest BCUT2D eigenvalue weighted by Crippen LogP contribution is 2.34. The Hall–Kier alpha value is -3.74. The molecule has 1 saturated heterocycles. The van der Waals surface area contributed by atoms with Gasteiger partial charge in [-0.2, -0.15) is 0 Å². The van der Waals surface area contributed by atoms with E-state index in [1.165, 1.54) is 12.4 Å². The average molecular weight is 398 g/mol. The smallest absolute Gasteiger partial charge is 0.245 e. The van der Waals surface area contributed by atoms with Crippen LogP contribution in [0.1, 0.15) is 6.42 Å². The summed E-state index contributed by atoms with van der Waals surface area (Å²) in [5.74, 6) is 0.796. The van der Waals surface area contributed by atoms with E-state index in [0.717, 1.165) is 59.1 Å². The molecule has 0 spiro atoms. The molecular formula is C23H22N6O. The molecule has 1 aromatic carbocycles. The highest BCUT2D eigenvalue weighted by atomic mass is 16.2. The number of nitrogen functional groups attached to an aromatic ring is 1. The van der Waals surface area contributed by atoms with Gasteiger partial charge in [0.05, 0.1) is 10.9 Å². The van der Waals surface area contributed by atoms with Crippen LogP contribution < -0.4 is 5.73 Å². The molecule has 1 amide bonds. The number of fused-ring (bicyclic) bond motifs is 2. The third-order valence-corrected chi connectivity index (χ3v) is 5.81. The molecule has 5 rings (SSSR count). The number of hydrogen-bond donors (Lipinski definition) is 1. The normalized spacial score (nSPS) is 16.4. The molecule has 150 valence electrons. The Balaban J connectivity index is 1.55. The van der Waals surface area contributed by atoms with Crippen molar-refractivity contribution in [1.29, 1.82) is 0 Å². The van der Waals surface area contributed by atoms with Gasteiger partial charge in [0.25, 0.3) is 0 Å². The summed E-state index contributed by atoms with van der Waals surface area (Å²) in [5, 5.41) is 1.91. The zero-order valence-electron chi connectivity index (χ0n) is 16.5.